The standard InChI is InChI=1S/C21H18ClN/c1-23(21-15-11-19(22)12-16-21)20-13-9-18(10-14-20)8-7-17-5-3-2-4-6-17/h2-16H,1H3/b8-7+. The molecule has 0 aliphatic heterocycles. The number of hydrogen-bond acceptors (Lipinski definition) is 1. The molecule has 0 heterocycles. The molecule has 0 N–H and O–H groups in total. The molecule has 0 aromatic heterocycles. The highest BCUT2D eigenvalue weighted by molar-refractivity contribution is 6.30. The van der Waals surface area contributed by atoms with E-state index in [2.05, 4.69) is 60.5 Å². The van der Waals surface area contributed by atoms with Crippen molar-refractivity contribution in [2.75, 3.05) is 11.9 Å². The highest BCUT2D eigenvalue weighted by atomic mass is 35.5. The smallest absolute Gasteiger partial charge is 0.0409 e. The van der Waals surface area contributed by atoms with Crippen LogP contribution in [0, 0.1) is 0 Å². The Morgan fingerprint density at radius 2 is 1.13 bits per heavy atom. The summed E-state index contributed by atoms with van der Waals surface area (Å²) in [7, 11) is 2.05. The van der Waals surface area contributed by atoms with Gasteiger partial charge in [0.2, 0.25) is 0 Å². The molecule has 0 aliphatic carbocycles. The lowest BCUT2D eigenvalue weighted by Gasteiger charge is -2.19. The Morgan fingerprint density at radius 3 is 1.70 bits per heavy atom. The van der Waals surface area contributed by atoms with Crippen LogP contribution in [0.15, 0.2) is 78.9 Å². The van der Waals surface area contributed by atoms with E-state index >= 15 is 0 Å². The average Bonchev–Trinajstić information content (AvgIpc) is 2.61. The van der Waals surface area contributed by atoms with Gasteiger partial charge in [-0.05, 0) is 47.5 Å². The SMILES string of the molecule is CN(c1ccc(Cl)cc1)c1ccc(/C=C/c2ccccc2)cc1. The van der Waals surface area contributed by atoms with Crippen molar-refractivity contribution in [3.63, 3.8) is 0 Å². The number of halogens is 1. The van der Waals surface area contributed by atoms with Gasteiger partial charge in [-0.25, -0.2) is 0 Å². The predicted octanol–water partition coefficient (Wildman–Crippen LogP) is 6.28. The molecule has 0 fully saturated rings. The maximum atomic E-state index is 5.94. The summed E-state index contributed by atoms with van der Waals surface area (Å²) in [5, 5.41) is 0.753. The summed E-state index contributed by atoms with van der Waals surface area (Å²) >= 11 is 5.94. The topological polar surface area (TPSA) is 3.24 Å². The average molecular weight is 320 g/mol. The molecular formula is C21H18ClN. The highest BCUT2D eigenvalue weighted by Crippen LogP contribution is 2.25. The molecule has 0 saturated heterocycles. The fourth-order valence-corrected chi connectivity index (χ4v) is 2.51. The third kappa shape index (κ3) is 4.02. The van der Waals surface area contributed by atoms with Gasteiger partial charge in [0.1, 0.15) is 0 Å². The Bertz CT molecular complexity index is 774. The molecular weight excluding hydrogens is 302 g/mol. The molecule has 0 saturated carbocycles. The fourth-order valence-electron chi connectivity index (χ4n) is 2.38. The van der Waals surface area contributed by atoms with Crippen molar-refractivity contribution in [3.8, 4) is 0 Å². The summed E-state index contributed by atoms with van der Waals surface area (Å²) in [6.45, 7) is 0. The van der Waals surface area contributed by atoms with Crippen LogP contribution in [0.4, 0.5) is 11.4 Å². The summed E-state index contributed by atoms with van der Waals surface area (Å²) in [5.74, 6) is 0. The van der Waals surface area contributed by atoms with Crippen LogP contribution in [0.3, 0.4) is 0 Å². The van der Waals surface area contributed by atoms with Gasteiger partial charge in [-0.15, -0.1) is 0 Å². The second-order valence-corrected chi connectivity index (χ2v) is 5.81. The number of hydrogen-bond donors (Lipinski definition) is 0. The lowest BCUT2D eigenvalue weighted by Crippen LogP contribution is -2.08. The van der Waals surface area contributed by atoms with Crippen molar-refractivity contribution < 1.29 is 0 Å². The van der Waals surface area contributed by atoms with E-state index in [0.717, 1.165) is 16.4 Å². The number of nitrogens with zero attached hydrogens (tertiary/aromatic N) is 1. The van der Waals surface area contributed by atoms with E-state index in [0.29, 0.717) is 0 Å². The first-order chi connectivity index (χ1) is 11.2. The minimum absolute atomic E-state index is 0.753. The van der Waals surface area contributed by atoms with Crippen molar-refractivity contribution in [3.05, 3.63) is 95.0 Å². The first-order valence-electron chi connectivity index (χ1n) is 7.55. The van der Waals surface area contributed by atoms with Crippen LogP contribution < -0.4 is 4.90 Å². The molecule has 0 spiro atoms. The quantitative estimate of drug-likeness (QED) is 0.512. The molecule has 23 heavy (non-hydrogen) atoms. The van der Waals surface area contributed by atoms with Gasteiger partial charge in [-0.1, -0.05) is 66.2 Å². The van der Waals surface area contributed by atoms with Crippen LogP contribution in [0.25, 0.3) is 12.2 Å². The van der Waals surface area contributed by atoms with Gasteiger partial charge in [0.25, 0.3) is 0 Å². The molecule has 114 valence electrons. The van der Waals surface area contributed by atoms with Gasteiger partial charge in [-0.2, -0.15) is 0 Å². The maximum absolute atomic E-state index is 5.94. The molecule has 0 bridgehead atoms. The Labute approximate surface area is 142 Å². The van der Waals surface area contributed by atoms with Crippen molar-refractivity contribution in [1.29, 1.82) is 0 Å². The van der Waals surface area contributed by atoms with Gasteiger partial charge in [-0.3, -0.25) is 0 Å². The maximum Gasteiger partial charge on any atom is 0.0409 e. The van der Waals surface area contributed by atoms with Gasteiger partial charge in [0.05, 0.1) is 0 Å². The monoisotopic (exact) mass is 319 g/mol. The minimum atomic E-state index is 0.753. The van der Waals surface area contributed by atoms with E-state index in [1.165, 1.54) is 11.1 Å². The molecule has 2 heteroatoms. The second-order valence-electron chi connectivity index (χ2n) is 5.37. The van der Waals surface area contributed by atoms with Gasteiger partial charge in [0.15, 0.2) is 0 Å². The van der Waals surface area contributed by atoms with E-state index in [-0.39, 0.29) is 0 Å². The molecule has 0 radical (unpaired) electrons. The zero-order valence-electron chi connectivity index (χ0n) is 13.0. The van der Waals surface area contributed by atoms with Gasteiger partial charge >= 0.3 is 0 Å². The largest absolute Gasteiger partial charge is 0.345 e. The zero-order valence-corrected chi connectivity index (χ0v) is 13.7. The van der Waals surface area contributed by atoms with Crippen LogP contribution in [0.2, 0.25) is 5.02 Å². The summed E-state index contributed by atoms with van der Waals surface area (Å²) < 4.78 is 0. The van der Waals surface area contributed by atoms with Crippen molar-refractivity contribution in [2.24, 2.45) is 0 Å². The highest BCUT2D eigenvalue weighted by Gasteiger charge is 2.03. The number of benzene rings is 3. The first kappa shape index (κ1) is 15.4. The Morgan fingerprint density at radius 1 is 0.652 bits per heavy atom. The third-order valence-electron chi connectivity index (χ3n) is 3.76. The van der Waals surface area contributed by atoms with E-state index in [9.17, 15) is 0 Å². The van der Waals surface area contributed by atoms with Gasteiger partial charge in [0, 0.05) is 23.4 Å². The van der Waals surface area contributed by atoms with Crippen molar-refractivity contribution in [2.45, 2.75) is 0 Å². The Hall–Kier alpha value is -2.51. The number of anilines is 2. The Balaban J connectivity index is 1.74. The van der Waals surface area contributed by atoms with E-state index < -0.39 is 0 Å². The van der Waals surface area contributed by atoms with Crippen molar-refractivity contribution >= 4 is 35.1 Å². The lowest BCUT2D eigenvalue weighted by atomic mass is 10.1. The van der Waals surface area contributed by atoms with E-state index in [1.807, 2.05) is 42.5 Å². The van der Waals surface area contributed by atoms with Crippen LogP contribution in [-0.4, -0.2) is 7.05 Å². The van der Waals surface area contributed by atoms with Crippen LogP contribution >= 0.6 is 11.6 Å². The predicted molar refractivity (Wildman–Crippen MR) is 101 cm³/mol. The number of rotatable bonds is 4. The Kier molecular flexibility index (Phi) is 4.80. The van der Waals surface area contributed by atoms with Crippen LogP contribution in [-0.2, 0) is 0 Å². The molecule has 1 nitrogen and oxygen atoms in total. The van der Waals surface area contributed by atoms with Crippen molar-refractivity contribution in [1.82, 2.24) is 0 Å². The normalized spacial score (nSPS) is 10.9. The third-order valence-corrected chi connectivity index (χ3v) is 4.01. The molecule has 3 aromatic rings. The molecule has 0 unspecified atom stereocenters. The summed E-state index contributed by atoms with van der Waals surface area (Å²) in [6, 6.07) is 26.7. The summed E-state index contributed by atoms with van der Waals surface area (Å²) in [4.78, 5) is 2.14. The van der Waals surface area contributed by atoms with Gasteiger partial charge < -0.3 is 4.90 Å². The van der Waals surface area contributed by atoms with E-state index in [4.69, 9.17) is 11.6 Å². The molecule has 3 aromatic carbocycles. The van der Waals surface area contributed by atoms with E-state index in [1.54, 1.807) is 0 Å². The van der Waals surface area contributed by atoms with Crippen LogP contribution in [0.1, 0.15) is 11.1 Å². The fraction of sp³-hybridized carbons (Fsp3) is 0.0476. The zero-order chi connectivity index (χ0) is 16.1. The molecule has 0 amide bonds. The lowest BCUT2D eigenvalue weighted by molar-refractivity contribution is 1.21. The molecule has 0 aliphatic rings. The summed E-state index contributed by atoms with van der Waals surface area (Å²) in [5.41, 5.74) is 4.64. The molecule has 0 atom stereocenters. The minimum Gasteiger partial charge on any atom is -0.345 e. The summed E-state index contributed by atoms with van der Waals surface area (Å²) in [6.07, 6.45) is 4.25. The van der Waals surface area contributed by atoms with Crippen LogP contribution in [0.5, 0.6) is 0 Å². The second kappa shape index (κ2) is 7.17. The molecule has 3 rings (SSSR count). The first-order valence-corrected chi connectivity index (χ1v) is 7.93.